The first-order valence-corrected chi connectivity index (χ1v) is 6.35. The fourth-order valence-electron chi connectivity index (χ4n) is 1.85. The van der Waals surface area contributed by atoms with Crippen LogP contribution in [0.2, 0.25) is 0 Å². The minimum absolute atomic E-state index is 0.306. The Morgan fingerprint density at radius 1 is 1.33 bits per heavy atom. The molecule has 21 heavy (non-hydrogen) atoms. The monoisotopic (exact) mass is 284 g/mol. The minimum atomic E-state index is -0.437. The normalized spacial score (nSPS) is 10.5. The van der Waals surface area contributed by atoms with E-state index in [9.17, 15) is 4.79 Å². The second-order valence-electron chi connectivity index (χ2n) is 4.11. The summed E-state index contributed by atoms with van der Waals surface area (Å²) in [5.74, 6) is 0.615. The van der Waals surface area contributed by atoms with Gasteiger partial charge in [-0.3, -0.25) is 4.57 Å². The Morgan fingerprint density at radius 3 is 2.90 bits per heavy atom. The lowest BCUT2D eigenvalue weighted by molar-refractivity contribution is 0.0517. The van der Waals surface area contributed by atoms with Gasteiger partial charge in [0.2, 0.25) is 5.89 Å². The topological polar surface area (TPSA) is 83.0 Å². The maximum atomic E-state index is 11.8. The Kier molecular flexibility index (Phi) is 3.46. The number of carbonyl (C=O) groups excluding carboxylic acids is 1. The van der Waals surface area contributed by atoms with Gasteiger partial charge in [-0.25, -0.2) is 19.7 Å². The summed E-state index contributed by atoms with van der Waals surface area (Å²) in [6.45, 7) is 2.06. The molecule has 0 saturated heterocycles. The van der Waals surface area contributed by atoms with Crippen LogP contribution in [0.1, 0.15) is 17.4 Å². The third kappa shape index (κ3) is 2.53. The van der Waals surface area contributed by atoms with Crippen LogP contribution in [-0.2, 0) is 4.74 Å². The molecule has 3 heterocycles. The molecule has 3 aromatic heterocycles. The number of esters is 1. The van der Waals surface area contributed by atoms with E-state index in [2.05, 4.69) is 15.0 Å². The smallest absolute Gasteiger partial charge is 0.357 e. The van der Waals surface area contributed by atoms with Crippen LogP contribution >= 0.6 is 0 Å². The third-order valence-electron chi connectivity index (χ3n) is 2.80. The minimum Gasteiger partial charge on any atom is -0.461 e. The van der Waals surface area contributed by atoms with Gasteiger partial charge in [0.15, 0.2) is 5.69 Å². The van der Waals surface area contributed by atoms with Crippen molar-refractivity contribution in [1.82, 2.24) is 19.5 Å². The molecule has 0 N–H and O–H groups in total. The average Bonchev–Trinajstić information content (AvgIpc) is 3.19. The lowest BCUT2D eigenvalue weighted by atomic mass is 10.3. The van der Waals surface area contributed by atoms with E-state index in [0.29, 0.717) is 24.0 Å². The predicted molar refractivity (Wildman–Crippen MR) is 72.8 cm³/mol. The number of pyridine rings is 1. The van der Waals surface area contributed by atoms with Gasteiger partial charge in [0.25, 0.3) is 0 Å². The summed E-state index contributed by atoms with van der Waals surface area (Å²) >= 11 is 0. The van der Waals surface area contributed by atoms with E-state index in [4.69, 9.17) is 9.15 Å². The molecule has 0 aliphatic carbocycles. The number of imidazole rings is 1. The number of hydrogen-bond donors (Lipinski definition) is 0. The molecule has 0 atom stereocenters. The zero-order chi connectivity index (χ0) is 14.7. The van der Waals surface area contributed by atoms with E-state index in [0.717, 1.165) is 5.56 Å². The van der Waals surface area contributed by atoms with Crippen LogP contribution in [0.5, 0.6) is 0 Å². The first kappa shape index (κ1) is 13.0. The summed E-state index contributed by atoms with van der Waals surface area (Å²) in [6.07, 6.45) is 7.65. The maximum Gasteiger partial charge on any atom is 0.357 e. The van der Waals surface area contributed by atoms with Gasteiger partial charge in [0.1, 0.15) is 18.4 Å². The van der Waals surface area contributed by atoms with Crippen LogP contribution in [-0.4, -0.2) is 32.1 Å². The van der Waals surface area contributed by atoms with E-state index >= 15 is 0 Å². The van der Waals surface area contributed by atoms with Gasteiger partial charge in [-0.15, -0.1) is 0 Å². The van der Waals surface area contributed by atoms with E-state index in [1.165, 1.54) is 18.8 Å². The van der Waals surface area contributed by atoms with Crippen LogP contribution in [0.25, 0.3) is 17.3 Å². The zero-order valence-electron chi connectivity index (χ0n) is 11.3. The summed E-state index contributed by atoms with van der Waals surface area (Å²) in [6, 6.07) is 3.56. The van der Waals surface area contributed by atoms with Crippen LogP contribution < -0.4 is 0 Å². The molecule has 3 aromatic rings. The largest absolute Gasteiger partial charge is 0.461 e. The number of nitrogens with zero attached hydrogens (tertiary/aromatic N) is 4. The van der Waals surface area contributed by atoms with Crippen molar-refractivity contribution < 1.29 is 13.9 Å². The van der Waals surface area contributed by atoms with Gasteiger partial charge in [0.05, 0.1) is 24.6 Å². The summed E-state index contributed by atoms with van der Waals surface area (Å²) < 4.78 is 11.7. The Labute approximate surface area is 120 Å². The molecule has 0 unspecified atom stereocenters. The molecule has 0 aliphatic rings. The van der Waals surface area contributed by atoms with Crippen molar-refractivity contribution in [1.29, 1.82) is 0 Å². The Morgan fingerprint density at radius 2 is 2.24 bits per heavy atom. The summed E-state index contributed by atoms with van der Waals surface area (Å²) in [5, 5.41) is 0. The Hall–Kier alpha value is -2.96. The van der Waals surface area contributed by atoms with Crippen molar-refractivity contribution in [3.63, 3.8) is 0 Å². The van der Waals surface area contributed by atoms with Crippen molar-refractivity contribution in [2.75, 3.05) is 6.61 Å². The molecule has 0 radical (unpaired) electrons. The highest BCUT2D eigenvalue weighted by Gasteiger charge is 2.15. The fourth-order valence-corrected chi connectivity index (χ4v) is 1.85. The zero-order valence-corrected chi connectivity index (χ0v) is 11.3. The van der Waals surface area contributed by atoms with Gasteiger partial charge in [-0.1, -0.05) is 0 Å². The highest BCUT2D eigenvalue weighted by molar-refractivity contribution is 5.87. The summed E-state index contributed by atoms with van der Waals surface area (Å²) in [7, 11) is 0. The molecule has 0 amide bonds. The van der Waals surface area contributed by atoms with Crippen LogP contribution in [0.3, 0.4) is 0 Å². The lowest BCUT2D eigenvalue weighted by Gasteiger charge is -2.06. The summed E-state index contributed by atoms with van der Waals surface area (Å²) in [4.78, 5) is 24.1. The van der Waals surface area contributed by atoms with Crippen molar-refractivity contribution >= 4 is 5.97 Å². The van der Waals surface area contributed by atoms with Crippen molar-refractivity contribution in [3.05, 3.63) is 49.0 Å². The predicted octanol–water partition coefficient (Wildman–Crippen LogP) is 2.10. The highest BCUT2D eigenvalue weighted by Crippen LogP contribution is 2.18. The van der Waals surface area contributed by atoms with Gasteiger partial charge in [0, 0.05) is 6.20 Å². The van der Waals surface area contributed by atoms with Gasteiger partial charge in [-0.2, -0.15) is 0 Å². The number of aromatic nitrogens is 4. The average molecular weight is 284 g/mol. The molecular formula is C14H12N4O3. The van der Waals surface area contributed by atoms with E-state index in [-0.39, 0.29) is 0 Å². The molecule has 0 bridgehead atoms. The SMILES string of the molecule is CCOC(=O)c1cncn1-c1ccc(-c2ncco2)cn1. The highest BCUT2D eigenvalue weighted by atomic mass is 16.5. The van der Waals surface area contributed by atoms with E-state index < -0.39 is 5.97 Å². The second kappa shape index (κ2) is 5.58. The number of ether oxygens (including phenoxy) is 1. The molecular weight excluding hydrogens is 272 g/mol. The summed E-state index contributed by atoms with van der Waals surface area (Å²) in [5.41, 5.74) is 1.08. The number of oxazole rings is 1. The second-order valence-corrected chi connectivity index (χ2v) is 4.11. The molecule has 3 rings (SSSR count). The first-order chi connectivity index (χ1) is 10.3. The lowest BCUT2D eigenvalue weighted by Crippen LogP contribution is -2.11. The molecule has 0 aliphatic heterocycles. The first-order valence-electron chi connectivity index (χ1n) is 6.35. The van der Waals surface area contributed by atoms with Gasteiger partial charge < -0.3 is 9.15 Å². The van der Waals surface area contributed by atoms with Crippen molar-refractivity contribution in [3.8, 4) is 17.3 Å². The Bertz CT molecular complexity index is 732. The van der Waals surface area contributed by atoms with Crippen LogP contribution in [0, 0.1) is 0 Å². The van der Waals surface area contributed by atoms with Crippen molar-refractivity contribution in [2.45, 2.75) is 6.92 Å². The number of hydrogen-bond acceptors (Lipinski definition) is 6. The molecule has 0 spiro atoms. The third-order valence-corrected chi connectivity index (χ3v) is 2.80. The molecule has 0 saturated carbocycles. The molecule has 7 nitrogen and oxygen atoms in total. The molecule has 7 heteroatoms. The van der Waals surface area contributed by atoms with Crippen LogP contribution in [0.15, 0.2) is 47.7 Å². The Balaban J connectivity index is 1.91. The number of carbonyl (C=O) groups is 1. The van der Waals surface area contributed by atoms with Crippen molar-refractivity contribution in [2.24, 2.45) is 0 Å². The molecule has 106 valence electrons. The molecule has 0 fully saturated rings. The fraction of sp³-hybridized carbons (Fsp3) is 0.143. The number of rotatable bonds is 4. The maximum absolute atomic E-state index is 11.8. The quantitative estimate of drug-likeness (QED) is 0.682. The van der Waals surface area contributed by atoms with E-state index in [1.54, 1.807) is 30.0 Å². The standard InChI is InChI=1S/C14H12N4O3/c1-2-20-14(19)11-8-15-9-18(11)12-4-3-10(7-17-12)13-16-5-6-21-13/h3-9H,2H2,1H3. The van der Waals surface area contributed by atoms with Gasteiger partial charge >= 0.3 is 5.97 Å². The molecule has 0 aromatic carbocycles. The van der Waals surface area contributed by atoms with E-state index in [1.807, 2.05) is 6.07 Å². The van der Waals surface area contributed by atoms with Crippen LogP contribution in [0.4, 0.5) is 0 Å². The van der Waals surface area contributed by atoms with Gasteiger partial charge in [-0.05, 0) is 19.1 Å².